The molecule has 1 aromatic heterocycles. The van der Waals surface area contributed by atoms with Crippen molar-refractivity contribution in [3.05, 3.63) is 17.0 Å². The molecule has 0 aromatic carbocycles. The topological polar surface area (TPSA) is 83.8 Å². The molecule has 1 aliphatic heterocycles. The molecule has 2 aliphatic rings. The van der Waals surface area contributed by atoms with Gasteiger partial charge in [-0.3, -0.25) is 9.89 Å². The zero-order valence-corrected chi connectivity index (χ0v) is 7.76. The molecule has 4 N–H and O–H groups in total. The number of nitrogens with one attached hydrogen (secondary N) is 2. The Bertz CT molecular complexity index is 405. The van der Waals surface area contributed by atoms with Crippen LogP contribution in [-0.4, -0.2) is 21.6 Å². The summed E-state index contributed by atoms with van der Waals surface area (Å²) in [5.41, 5.74) is 7.94. The van der Waals surface area contributed by atoms with Gasteiger partial charge in [0.1, 0.15) is 0 Å². The predicted octanol–water partition coefficient (Wildman–Crippen LogP) is -0.313. The quantitative estimate of drug-likeness (QED) is 0.570. The summed E-state index contributed by atoms with van der Waals surface area (Å²) in [5, 5.41) is 10.3. The Balaban J connectivity index is 2.00. The Kier molecular flexibility index (Phi) is 1.35. The highest BCUT2D eigenvalue weighted by atomic mass is 16.1. The number of nitrogens with zero attached hydrogens (tertiary/aromatic N) is 1. The molecular weight excluding hydrogens is 180 g/mol. The van der Waals surface area contributed by atoms with E-state index in [1.165, 1.54) is 12.8 Å². The van der Waals surface area contributed by atoms with E-state index in [9.17, 15) is 4.79 Å². The third-order valence-corrected chi connectivity index (χ3v) is 3.20. The summed E-state index contributed by atoms with van der Waals surface area (Å²) in [6.45, 7) is 0.712. The molecule has 1 spiro atoms. The molecular formula is C9H12N4O. The first-order valence-corrected chi connectivity index (χ1v) is 4.81. The van der Waals surface area contributed by atoms with Crippen molar-refractivity contribution < 1.29 is 4.79 Å². The second kappa shape index (κ2) is 2.36. The fourth-order valence-corrected chi connectivity index (χ4v) is 2.12. The third kappa shape index (κ3) is 0.988. The monoisotopic (exact) mass is 192 g/mol. The van der Waals surface area contributed by atoms with Gasteiger partial charge in [0.05, 0.1) is 0 Å². The number of carbonyl (C=O) groups is 1. The van der Waals surface area contributed by atoms with Crippen LogP contribution in [0.4, 0.5) is 0 Å². The summed E-state index contributed by atoms with van der Waals surface area (Å²) >= 11 is 0. The van der Waals surface area contributed by atoms with Gasteiger partial charge in [0.25, 0.3) is 5.91 Å². The van der Waals surface area contributed by atoms with Gasteiger partial charge in [0.2, 0.25) is 0 Å². The number of hydrogen-bond donors (Lipinski definition) is 3. The van der Waals surface area contributed by atoms with Gasteiger partial charge in [-0.15, -0.1) is 0 Å². The van der Waals surface area contributed by atoms with Crippen molar-refractivity contribution in [3.63, 3.8) is 0 Å². The molecule has 1 fully saturated rings. The van der Waals surface area contributed by atoms with Crippen molar-refractivity contribution in [1.29, 1.82) is 0 Å². The average molecular weight is 192 g/mol. The first-order chi connectivity index (χ1) is 6.70. The van der Waals surface area contributed by atoms with Crippen LogP contribution in [-0.2, 0) is 13.0 Å². The average Bonchev–Trinajstić information content (AvgIpc) is 2.77. The predicted molar refractivity (Wildman–Crippen MR) is 49.6 cm³/mol. The first kappa shape index (κ1) is 7.99. The fourth-order valence-electron chi connectivity index (χ4n) is 2.12. The van der Waals surface area contributed by atoms with E-state index in [-0.39, 0.29) is 0 Å². The molecule has 0 saturated heterocycles. The number of nitrogens with two attached hydrogens (primary N) is 1. The molecule has 1 aliphatic carbocycles. The minimum Gasteiger partial charge on any atom is -0.364 e. The van der Waals surface area contributed by atoms with Crippen LogP contribution in [0, 0.1) is 0 Å². The maximum atomic E-state index is 11.0. The summed E-state index contributed by atoms with van der Waals surface area (Å²) in [7, 11) is 0. The molecule has 1 saturated carbocycles. The molecule has 0 bridgehead atoms. The van der Waals surface area contributed by atoms with E-state index in [0.29, 0.717) is 17.8 Å². The Labute approximate surface area is 81.1 Å². The molecule has 0 radical (unpaired) electrons. The number of H-pyrrole nitrogens is 1. The molecule has 5 heteroatoms. The molecule has 1 amide bonds. The molecule has 1 aromatic rings. The minimum absolute atomic E-state index is 0.300. The highest BCUT2D eigenvalue weighted by Crippen LogP contribution is 2.41. The summed E-state index contributed by atoms with van der Waals surface area (Å²) < 4.78 is 0. The largest absolute Gasteiger partial charge is 0.364 e. The van der Waals surface area contributed by atoms with Crippen LogP contribution in [0.15, 0.2) is 0 Å². The number of aromatic nitrogens is 2. The summed E-state index contributed by atoms with van der Waals surface area (Å²) in [6, 6.07) is 0. The number of hydrogen-bond acceptors (Lipinski definition) is 3. The van der Waals surface area contributed by atoms with Gasteiger partial charge in [-0.2, -0.15) is 5.10 Å². The number of fused-ring (bicyclic) bond motifs is 1. The van der Waals surface area contributed by atoms with E-state index in [2.05, 4.69) is 15.5 Å². The minimum atomic E-state index is -0.448. The van der Waals surface area contributed by atoms with Gasteiger partial charge in [0, 0.05) is 29.8 Å². The van der Waals surface area contributed by atoms with Gasteiger partial charge in [-0.1, -0.05) is 0 Å². The Morgan fingerprint density at radius 1 is 1.50 bits per heavy atom. The van der Waals surface area contributed by atoms with Gasteiger partial charge in [-0.05, 0) is 12.8 Å². The van der Waals surface area contributed by atoms with Crippen molar-refractivity contribution in [2.45, 2.75) is 31.3 Å². The second-order valence-corrected chi connectivity index (χ2v) is 4.20. The van der Waals surface area contributed by atoms with Crippen molar-refractivity contribution in [1.82, 2.24) is 15.5 Å². The number of carbonyl (C=O) groups excluding carboxylic acids is 1. The molecule has 14 heavy (non-hydrogen) atoms. The lowest BCUT2D eigenvalue weighted by molar-refractivity contribution is 0.0994. The molecule has 5 nitrogen and oxygen atoms in total. The first-order valence-electron chi connectivity index (χ1n) is 4.81. The second-order valence-electron chi connectivity index (χ2n) is 4.20. The van der Waals surface area contributed by atoms with Crippen molar-refractivity contribution >= 4 is 5.91 Å². The third-order valence-electron chi connectivity index (χ3n) is 3.20. The van der Waals surface area contributed by atoms with Crippen LogP contribution < -0.4 is 11.1 Å². The SMILES string of the molecule is NC(=O)c1n[nH]c2c1CNC1(CC1)C2. The lowest BCUT2D eigenvalue weighted by atomic mass is 9.99. The van der Waals surface area contributed by atoms with E-state index in [1.807, 2.05) is 0 Å². The lowest BCUT2D eigenvalue weighted by Gasteiger charge is -2.22. The van der Waals surface area contributed by atoms with E-state index in [1.54, 1.807) is 0 Å². The normalized spacial score (nSPS) is 22.0. The van der Waals surface area contributed by atoms with Crippen molar-refractivity contribution in [2.24, 2.45) is 5.73 Å². The Morgan fingerprint density at radius 2 is 2.29 bits per heavy atom. The van der Waals surface area contributed by atoms with Crippen molar-refractivity contribution in [2.75, 3.05) is 0 Å². The van der Waals surface area contributed by atoms with E-state index in [0.717, 1.165) is 17.7 Å². The van der Waals surface area contributed by atoms with E-state index < -0.39 is 5.91 Å². The molecule has 74 valence electrons. The smallest absolute Gasteiger partial charge is 0.269 e. The van der Waals surface area contributed by atoms with Crippen LogP contribution >= 0.6 is 0 Å². The molecule has 0 atom stereocenters. The number of primary amides is 1. The number of aromatic amines is 1. The zero-order valence-electron chi connectivity index (χ0n) is 7.76. The van der Waals surface area contributed by atoms with Crippen LogP contribution in [0.3, 0.4) is 0 Å². The molecule has 2 heterocycles. The highest BCUT2D eigenvalue weighted by Gasteiger charge is 2.45. The summed E-state index contributed by atoms with van der Waals surface area (Å²) in [5.74, 6) is -0.448. The maximum Gasteiger partial charge on any atom is 0.269 e. The van der Waals surface area contributed by atoms with Crippen LogP contribution in [0.25, 0.3) is 0 Å². The Morgan fingerprint density at radius 3 is 2.93 bits per heavy atom. The highest BCUT2D eigenvalue weighted by molar-refractivity contribution is 5.92. The fraction of sp³-hybridized carbons (Fsp3) is 0.556. The Hall–Kier alpha value is -1.36. The zero-order chi connectivity index (χ0) is 9.76. The lowest BCUT2D eigenvalue weighted by Crippen LogP contribution is -2.38. The summed E-state index contributed by atoms with van der Waals surface area (Å²) in [4.78, 5) is 11.0. The van der Waals surface area contributed by atoms with Crippen LogP contribution in [0.2, 0.25) is 0 Å². The van der Waals surface area contributed by atoms with E-state index in [4.69, 9.17) is 5.73 Å². The molecule has 0 unspecified atom stereocenters. The molecule has 3 rings (SSSR count). The van der Waals surface area contributed by atoms with Crippen LogP contribution in [0.5, 0.6) is 0 Å². The van der Waals surface area contributed by atoms with Gasteiger partial charge in [-0.25, -0.2) is 0 Å². The van der Waals surface area contributed by atoms with Gasteiger partial charge < -0.3 is 11.1 Å². The number of amides is 1. The van der Waals surface area contributed by atoms with Crippen molar-refractivity contribution in [3.8, 4) is 0 Å². The standard InChI is InChI=1S/C9H12N4O/c10-8(14)7-5-4-11-9(1-2-9)3-6(5)12-13-7/h11H,1-4H2,(H2,10,14)(H,12,13). The van der Waals surface area contributed by atoms with Gasteiger partial charge in [0.15, 0.2) is 5.69 Å². The van der Waals surface area contributed by atoms with Gasteiger partial charge >= 0.3 is 0 Å². The maximum absolute atomic E-state index is 11.0. The number of rotatable bonds is 1. The summed E-state index contributed by atoms with van der Waals surface area (Å²) in [6.07, 6.45) is 3.39. The van der Waals surface area contributed by atoms with E-state index >= 15 is 0 Å². The van der Waals surface area contributed by atoms with Crippen LogP contribution in [0.1, 0.15) is 34.6 Å².